The number of aryl methyl sites for hydroxylation is 2. The predicted octanol–water partition coefficient (Wildman–Crippen LogP) is 2.64. The summed E-state index contributed by atoms with van der Waals surface area (Å²) in [4.78, 5) is 16.6. The number of likely N-dealkylation sites (N-methyl/N-ethyl adjacent to an activating group) is 1. The minimum absolute atomic E-state index is 0.0863. The van der Waals surface area contributed by atoms with Crippen LogP contribution in [0, 0.1) is 20.8 Å². The molecule has 138 valence electrons. The molecule has 5 heteroatoms. The molecule has 0 saturated carbocycles. The van der Waals surface area contributed by atoms with E-state index in [1.807, 2.05) is 22.6 Å². The second-order valence-corrected chi connectivity index (χ2v) is 7.19. The van der Waals surface area contributed by atoms with Gasteiger partial charge < -0.3 is 9.80 Å². The van der Waals surface area contributed by atoms with Crippen LogP contribution in [0.2, 0.25) is 0 Å². The second kappa shape index (κ2) is 7.87. The SMILES string of the molecule is Cc1ccc(Cn2nc(C)c(C=CC(=O)N3CCN(C)CC3)c2C)cc1. The number of benzene rings is 1. The highest BCUT2D eigenvalue weighted by atomic mass is 16.2. The maximum absolute atomic E-state index is 12.4. The fraction of sp³-hybridized carbons (Fsp3) is 0.429. The molecular weight excluding hydrogens is 324 g/mol. The van der Waals surface area contributed by atoms with E-state index in [-0.39, 0.29) is 5.91 Å². The maximum Gasteiger partial charge on any atom is 0.246 e. The van der Waals surface area contributed by atoms with Crippen LogP contribution >= 0.6 is 0 Å². The molecule has 0 spiro atoms. The van der Waals surface area contributed by atoms with Gasteiger partial charge in [-0.3, -0.25) is 9.48 Å². The molecule has 1 saturated heterocycles. The van der Waals surface area contributed by atoms with Crippen LogP contribution in [0.5, 0.6) is 0 Å². The first-order chi connectivity index (χ1) is 12.4. The van der Waals surface area contributed by atoms with Crippen molar-refractivity contribution in [1.82, 2.24) is 19.6 Å². The zero-order valence-electron chi connectivity index (χ0n) is 16.2. The van der Waals surface area contributed by atoms with Crippen LogP contribution in [0.1, 0.15) is 28.1 Å². The van der Waals surface area contributed by atoms with Gasteiger partial charge in [0.1, 0.15) is 0 Å². The lowest BCUT2D eigenvalue weighted by Crippen LogP contribution is -2.46. The van der Waals surface area contributed by atoms with Gasteiger partial charge in [0.2, 0.25) is 5.91 Å². The Morgan fingerprint density at radius 3 is 2.38 bits per heavy atom. The third-order valence-corrected chi connectivity index (χ3v) is 5.10. The molecule has 1 aliphatic rings. The fourth-order valence-electron chi connectivity index (χ4n) is 3.26. The number of rotatable bonds is 4. The van der Waals surface area contributed by atoms with Crippen LogP contribution in [0.3, 0.4) is 0 Å². The van der Waals surface area contributed by atoms with E-state index in [9.17, 15) is 4.79 Å². The minimum Gasteiger partial charge on any atom is -0.337 e. The Morgan fingerprint density at radius 2 is 1.73 bits per heavy atom. The molecule has 0 unspecified atom stereocenters. The molecular formula is C21H28N4O. The molecule has 5 nitrogen and oxygen atoms in total. The van der Waals surface area contributed by atoms with Gasteiger partial charge in [0.15, 0.2) is 0 Å². The van der Waals surface area contributed by atoms with Gasteiger partial charge in [-0.2, -0.15) is 5.10 Å². The van der Waals surface area contributed by atoms with Crippen molar-refractivity contribution < 1.29 is 4.79 Å². The predicted molar refractivity (Wildman–Crippen MR) is 105 cm³/mol. The van der Waals surface area contributed by atoms with Crippen molar-refractivity contribution in [2.75, 3.05) is 33.2 Å². The lowest BCUT2D eigenvalue weighted by molar-refractivity contribution is -0.127. The number of piperazine rings is 1. The third-order valence-electron chi connectivity index (χ3n) is 5.10. The normalized spacial score (nSPS) is 15.8. The van der Waals surface area contributed by atoms with Crippen molar-refractivity contribution >= 4 is 12.0 Å². The van der Waals surface area contributed by atoms with E-state index in [0.717, 1.165) is 49.7 Å². The highest BCUT2D eigenvalue weighted by Crippen LogP contribution is 2.17. The molecule has 0 bridgehead atoms. The highest BCUT2D eigenvalue weighted by Gasteiger charge is 2.17. The largest absolute Gasteiger partial charge is 0.337 e. The van der Waals surface area contributed by atoms with Gasteiger partial charge in [-0.05, 0) is 39.5 Å². The summed E-state index contributed by atoms with van der Waals surface area (Å²) in [7, 11) is 2.09. The van der Waals surface area contributed by atoms with Gasteiger partial charge >= 0.3 is 0 Å². The van der Waals surface area contributed by atoms with Gasteiger partial charge in [0.25, 0.3) is 0 Å². The van der Waals surface area contributed by atoms with Crippen LogP contribution in [0.25, 0.3) is 6.08 Å². The summed E-state index contributed by atoms with van der Waals surface area (Å²) >= 11 is 0. The van der Waals surface area contributed by atoms with Crippen LogP contribution in [0.4, 0.5) is 0 Å². The summed E-state index contributed by atoms with van der Waals surface area (Å²) in [5.41, 5.74) is 5.57. The molecule has 26 heavy (non-hydrogen) atoms. The zero-order valence-corrected chi connectivity index (χ0v) is 16.2. The molecule has 2 aromatic rings. The van der Waals surface area contributed by atoms with Crippen LogP contribution < -0.4 is 0 Å². The fourth-order valence-corrected chi connectivity index (χ4v) is 3.26. The Kier molecular flexibility index (Phi) is 5.57. The molecule has 2 heterocycles. The van der Waals surface area contributed by atoms with Crippen LogP contribution in [0.15, 0.2) is 30.3 Å². The molecule has 0 radical (unpaired) electrons. The average Bonchev–Trinajstić information content (AvgIpc) is 2.89. The van der Waals surface area contributed by atoms with E-state index >= 15 is 0 Å². The Hall–Kier alpha value is -2.40. The van der Waals surface area contributed by atoms with Gasteiger partial charge in [0.05, 0.1) is 12.2 Å². The van der Waals surface area contributed by atoms with Gasteiger partial charge in [-0.1, -0.05) is 29.8 Å². The number of aromatic nitrogens is 2. The third kappa shape index (κ3) is 4.22. The maximum atomic E-state index is 12.4. The molecule has 0 aliphatic carbocycles. The quantitative estimate of drug-likeness (QED) is 0.795. The average molecular weight is 352 g/mol. The molecule has 0 N–H and O–H groups in total. The van der Waals surface area contributed by atoms with Crippen molar-refractivity contribution in [3.05, 3.63) is 58.4 Å². The minimum atomic E-state index is 0.0863. The van der Waals surface area contributed by atoms with E-state index in [1.54, 1.807) is 6.08 Å². The molecule has 1 fully saturated rings. The first-order valence-electron chi connectivity index (χ1n) is 9.19. The van der Waals surface area contributed by atoms with Crippen molar-refractivity contribution in [2.45, 2.75) is 27.3 Å². The van der Waals surface area contributed by atoms with Gasteiger partial charge in [0, 0.05) is 43.5 Å². The van der Waals surface area contributed by atoms with Crippen LogP contribution in [-0.2, 0) is 11.3 Å². The van der Waals surface area contributed by atoms with E-state index in [2.05, 4.69) is 55.2 Å². The molecule has 1 aliphatic heterocycles. The number of carbonyl (C=O) groups excluding carboxylic acids is 1. The second-order valence-electron chi connectivity index (χ2n) is 7.19. The topological polar surface area (TPSA) is 41.4 Å². The Balaban J connectivity index is 1.71. The molecule has 3 rings (SSSR count). The molecule has 1 amide bonds. The smallest absolute Gasteiger partial charge is 0.246 e. The summed E-state index contributed by atoms with van der Waals surface area (Å²) in [6, 6.07) is 8.52. The molecule has 1 aromatic carbocycles. The first-order valence-corrected chi connectivity index (χ1v) is 9.19. The number of amides is 1. The van der Waals surface area contributed by atoms with Crippen LogP contribution in [-0.4, -0.2) is 58.7 Å². The highest BCUT2D eigenvalue weighted by molar-refractivity contribution is 5.92. The monoisotopic (exact) mass is 352 g/mol. The lowest BCUT2D eigenvalue weighted by atomic mass is 10.1. The Labute approximate surface area is 155 Å². The standard InChI is InChI=1S/C21H28N4O/c1-16-5-7-19(8-6-16)15-25-18(3)20(17(2)22-25)9-10-21(26)24-13-11-23(4)12-14-24/h5-10H,11-15H2,1-4H3. The summed E-state index contributed by atoms with van der Waals surface area (Å²) in [6.45, 7) is 10.4. The number of nitrogens with zero attached hydrogens (tertiary/aromatic N) is 4. The van der Waals surface area contributed by atoms with E-state index < -0.39 is 0 Å². The van der Waals surface area contributed by atoms with E-state index in [0.29, 0.717) is 0 Å². The first kappa shape index (κ1) is 18.4. The molecule has 0 atom stereocenters. The van der Waals surface area contributed by atoms with E-state index in [1.165, 1.54) is 11.1 Å². The van der Waals surface area contributed by atoms with Crippen molar-refractivity contribution in [3.63, 3.8) is 0 Å². The van der Waals surface area contributed by atoms with Gasteiger partial charge in [-0.15, -0.1) is 0 Å². The number of hydrogen-bond donors (Lipinski definition) is 0. The lowest BCUT2D eigenvalue weighted by Gasteiger charge is -2.31. The summed E-state index contributed by atoms with van der Waals surface area (Å²) in [5.74, 6) is 0.0863. The summed E-state index contributed by atoms with van der Waals surface area (Å²) in [5, 5.41) is 4.66. The number of hydrogen-bond acceptors (Lipinski definition) is 3. The van der Waals surface area contributed by atoms with Crippen molar-refractivity contribution in [1.29, 1.82) is 0 Å². The van der Waals surface area contributed by atoms with Crippen molar-refractivity contribution in [3.8, 4) is 0 Å². The molecule has 1 aromatic heterocycles. The number of carbonyl (C=O) groups is 1. The van der Waals surface area contributed by atoms with E-state index in [4.69, 9.17) is 0 Å². The Bertz CT molecular complexity index is 796. The van der Waals surface area contributed by atoms with Gasteiger partial charge in [-0.25, -0.2) is 0 Å². The summed E-state index contributed by atoms with van der Waals surface area (Å²) in [6.07, 6.45) is 3.61. The summed E-state index contributed by atoms with van der Waals surface area (Å²) < 4.78 is 2.01. The van der Waals surface area contributed by atoms with Crippen molar-refractivity contribution in [2.24, 2.45) is 0 Å². The zero-order chi connectivity index (χ0) is 18.7. The Morgan fingerprint density at radius 1 is 1.08 bits per heavy atom.